The molecular weight excluding hydrogens is 244 g/mol. The predicted molar refractivity (Wildman–Crippen MR) is 71.8 cm³/mol. The molecule has 0 bridgehead atoms. The standard InChI is InChI=1S/C13H14N4O2/c1-16-7-5-15-12(16)4-6-17-10-3-2-9(14)8-11(10)19-13(17)18/h2-3,5,7-8H,4,6,14H2,1H3. The minimum absolute atomic E-state index is 0.366. The summed E-state index contributed by atoms with van der Waals surface area (Å²) in [5, 5.41) is 0. The summed E-state index contributed by atoms with van der Waals surface area (Å²) in [7, 11) is 1.93. The van der Waals surface area contributed by atoms with E-state index in [2.05, 4.69) is 4.98 Å². The molecule has 98 valence electrons. The normalized spacial score (nSPS) is 11.2. The Morgan fingerprint density at radius 2 is 2.26 bits per heavy atom. The molecular formula is C13H14N4O2. The van der Waals surface area contributed by atoms with Gasteiger partial charge in [-0.15, -0.1) is 0 Å². The van der Waals surface area contributed by atoms with Crippen LogP contribution in [0.2, 0.25) is 0 Å². The van der Waals surface area contributed by atoms with E-state index >= 15 is 0 Å². The van der Waals surface area contributed by atoms with E-state index < -0.39 is 0 Å². The number of hydrogen-bond acceptors (Lipinski definition) is 4. The Kier molecular flexibility index (Phi) is 2.63. The number of fused-ring (bicyclic) bond motifs is 1. The number of oxazole rings is 1. The van der Waals surface area contributed by atoms with Gasteiger partial charge >= 0.3 is 5.76 Å². The molecule has 0 amide bonds. The molecule has 1 aromatic carbocycles. The Hall–Kier alpha value is -2.50. The number of aromatic nitrogens is 3. The van der Waals surface area contributed by atoms with Crippen LogP contribution in [0.4, 0.5) is 5.69 Å². The maximum absolute atomic E-state index is 11.8. The van der Waals surface area contributed by atoms with Crippen LogP contribution in [0.5, 0.6) is 0 Å². The van der Waals surface area contributed by atoms with E-state index in [1.165, 1.54) is 0 Å². The zero-order chi connectivity index (χ0) is 13.4. The first-order valence-electron chi connectivity index (χ1n) is 6.00. The molecule has 0 saturated carbocycles. The van der Waals surface area contributed by atoms with Crippen LogP contribution in [0.15, 0.2) is 39.8 Å². The van der Waals surface area contributed by atoms with Crippen LogP contribution in [-0.4, -0.2) is 14.1 Å². The summed E-state index contributed by atoms with van der Waals surface area (Å²) in [6, 6.07) is 5.22. The average Bonchev–Trinajstić information content (AvgIpc) is 2.90. The van der Waals surface area contributed by atoms with Crippen molar-refractivity contribution in [2.75, 3.05) is 5.73 Å². The third-order valence-corrected chi connectivity index (χ3v) is 3.17. The molecule has 0 atom stereocenters. The molecule has 3 aromatic rings. The molecule has 0 spiro atoms. The Balaban J connectivity index is 1.95. The minimum atomic E-state index is -0.366. The molecule has 6 nitrogen and oxygen atoms in total. The lowest BCUT2D eigenvalue weighted by atomic mass is 10.3. The first kappa shape index (κ1) is 11.6. The number of hydrogen-bond donors (Lipinski definition) is 1. The van der Waals surface area contributed by atoms with Crippen molar-refractivity contribution in [3.05, 3.63) is 47.0 Å². The number of nitrogens with two attached hydrogens (primary N) is 1. The predicted octanol–water partition coefficient (Wildman–Crippen LogP) is 1.15. The molecule has 3 rings (SSSR count). The van der Waals surface area contributed by atoms with E-state index in [-0.39, 0.29) is 5.76 Å². The second-order valence-electron chi connectivity index (χ2n) is 4.45. The van der Waals surface area contributed by atoms with Crippen LogP contribution in [0, 0.1) is 0 Å². The highest BCUT2D eigenvalue weighted by Crippen LogP contribution is 2.16. The van der Waals surface area contributed by atoms with Gasteiger partial charge in [-0.25, -0.2) is 9.78 Å². The number of aryl methyl sites for hydroxylation is 3. The van der Waals surface area contributed by atoms with Gasteiger partial charge in [0, 0.05) is 44.2 Å². The van der Waals surface area contributed by atoms with Gasteiger partial charge in [-0.05, 0) is 12.1 Å². The van der Waals surface area contributed by atoms with Gasteiger partial charge in [-0.3, -0.25) is 4.57 Å². The van der Waals surface area contributed by atoms with Gasteiger partial charge in [0.05, 0.1) is 5.52 Å². The van der Waals surface area contributed by atoms with E-state index in [0.29, 0.717) is 24.2 Å². The fraction of sp³-hybridized carbons (Fsp3) is 0.231. The number of benzene rings is 1. The van der Waals surface area contributed by atoms with Gasteiger partial charge < -0.3 is 14.7 Å². The van der Waals surface area contributed by atoms with Crippen molar-refractivity contribution in [1.82, 2.24) is 14.1 Å². The second-order valence-corrected chi connectivity index (χ2v) is 4.45. The molecule has 0 saturated heterocycles. The monoisotopic (exact) mass is 258 g/mol. The smallest absolute Gasteiger partial charge is 0.408 e. The molecule has 0 aliphatic carbocycles. The zero-order valence-electron chi connectivity index (χ0n) is 10.5. The summed E-state index contributed by atoms with van der Waals surface area (Å²) in [6.45, 7) is 0.528. The summed E-state index contributed by atoms with van der Waals surface area (Å²) >= 11 is 0. The van der Waals surface area contributed by atoms with Crippen LogP contribution in [0.25, 0.3) is 11.1 Å². The Bertz CT molecular complexity index is 781. The van der Waals surface area contributed by atoms with Gasteiger partial charge in [0.1, 0.15) is 5.82 Å². The SMILES string of the molecule is Cn1ccnc1CCn1c(=O)oc2cc(N)ccc21. The van der Waals surface area contributed by atoms with Crippen molar-refractivity contribution < 1.29 is 4.42 Å². The van der Waals surface area contributed by atoms with E-state index in [0.717, 1.165) is 11.3 Å². The molecule has 6 heteroatoms. The maximum Gasteiger partial charge on any atom is 0.419 e. The summed E-state index contributed by atoms with van der Waals surface area (Å²) in [4.78, 5) is 16.1. The summed E-state index contributed by atoms with van der Waals surface area (Å²) in [5.41, 5.74) is 7.53. The molecule has 2 heterocycles. The highest BCUT2D eigenvalue weighted by atomic mass is 16.4. The largest absolute Gasteiger partial charge is 0.419 e. The highest BCUT2D eigenvalue weighted by molar-refractivity contribution is 5.76. The molecule has 0 radical (unpaired) electrons. The summed E-state index contributed by atoms with van der Waals surface area (Å²) < 4.78 is 8.72. The topological polar surface area (TPSA) is 79.0 Å². The number of nitrogen functional groups attached to an aromatic ring is 1. The van der Waals surface area contributed by atoms with Crippen LogP contribution in [0.1, 0.15) is 5.82 Å². The van der Waals surface area contributed by atoms with Crippen molar-refractivity contribution in [3.63, 3.8) is 0 Å². The van der Waals surface area contributed by atoms with Crippen molar-refractivity contribution in [3.8, 4) is 0 Å². The van der Waals surface area contributed by atoms with Crippen LogP contribution in [0.3, 0.4) is 0 Å². The highest BCUT2D eigenvalue weighted by Gasteiger charge is 2.10. The lowest BCUT2D eigenvalue weighted by molar-refractivity contribution is 0.501. The molecule has 2 aromatic heterocycles. The van der Waals surface area contributed by atoms with E-state index in [4.69, 9.17) is 10.2 Å². The van der Waals surface area contributed by atoms with Crippen molar-refractivity contribution in [1.29, 1.82) is 0 Å². The molecule has 0 unspecified atom stereocenters. The molecule has 0 fully saturated rings. The Labute approximate surface area is 109 Å². The van der Waals surface area contributed by atoms with Crippen molar-refractivity contribution >= 4 is 16.8 Å². The van der Waals surface area contributed by atoms with Gasteiger partial charge in [-0.1, -0.05) is 0 Å². The lowest BCUT2D eigenvalue weighted by Gasteiger charge is -2.03. The fourth-order valence-corrected chi connectivity index (χ4v) is 2.14. The van der Waals surface area contributed by atoms with Gasteiger partial charge in [0.2, 0.25) is 0 Å². The maximum atomic E-state index is 11.8. The third-order valence-electron chi connectivity index (χ3n) is 3.17. The van der Waals surface area contributed by atoms with E-state index in [1.807, 2.05) is 17.8 Å². The molecule has 2 N–H and O–H groups in total. The molecule has 0 aliphatic rings. The van der Waals surface area contributed by atoms with E-state index in [1.54, 1.807) is 29.0 Å². The Morgan fingerprint density at radius 1 is 1.42 bits per heavy atom. The molecule has 0 aliphatic heterocycles. The van der Waals surface area contributed by atoms with Crippen molar-refractivity contribution in [2.45, 2.75) is 13.0 Å². The number of nitrogens with zero attached hydrogens (tertiary/aromatic N) is 3. The lowest BCUT2D eigenvalue weighted by Crippen LogP contribution is -2.16. The quantitative estimate of drug-likeness (QED) is 0.715. The van der Waals surface area contributed by atoms with Gasteiger partial charge in [0.15, 0.2) is 5.58 Å². The van der Waals surface area contributed by atoms with E-state index in [9.17, 15) is 4.79 Å². The van der Waals surface area contributed by atoms with Crippen LogP contribution < -0.4 is 11.5 Å². The van der Waals surface area contributed by atoms with Gasteiger partial charge in [0.25, 0.3) is 0 Å². The summed E-state index contributed by atoms with van der Waals surface area (Å²) in [6.07, 6.45) is 4.29. The molecule has 19 heavy (non-hydrogen) atoms. The number of rotatable bonds is 3. The van der Waals surface area contributed by atoms with Gasteiger partial charge in [-0.2, -0.15) is 0 Å². The summed E-state index contributed by atoms with van der Waals surface area (Å²) in [5.74, 6) is 0.562. The van der Waals surface area contributed by atoms with Crippen LogP contribution in [-0.2, 0) is 20.0 Å². The fourth-order valence-electron chi connectivity index (χ4n) is 2.14. The van der Waals surface area contributed by atoms with Crippen molar-refractivity contribution in [2.24, 2.45) is 7.05 Å². The number of anilines is 1. The first-order valence-corrected chi connectivity index (χ1v) is 6.00. The third kappa shape index (κ3) is 2.01. The van der Waals surface area contributed by atoms with Crippen LogP contribution >= 0.6 is 0 Å². The first-order chi connectivity index (χ1) is 9.15. The average molecular weight is 258 g/mol. The second kappa shape index (κ2) is 4.31. The number of imidazole rings is 1. The zero-order valence-corrected chi connectivity index (χ0v) is 10.5. The Morgan fingerprint density at radius 3 is 3.00 bits per heavy atom. The minimum Gasteiger partial charge on any atom is -0.408 e.